The number of fused-ring (bicyclic) bond motifs is 4. The number of nitrogens with zero attached hydrogens (tertiary/aromatic N) is 5. The summed E-state index contributed by atoms with van der Waals surface area (Å²) in [6, 6.07) is 39.3. The van der Waals surface area contributed by atoms with Crippen LogP contribution < -0.4 is 9.47 Å². The number of pyridine rings is 1. The molecule has 0 unspecified atom stereocenters. The largest absolute Gasteiger partial charge is 0.311 e. The standard InChI is InChI=1S/C58H44FN5/c1-58(2,3)42-34-35-60-56(36-42)64-52-25-11-10-22-50(52)51-33-32-47(38-55(51)64)63(44-30-28-43(59)29-31-44)46-21-14-20-45(37-46)61-39-62(54-27-13-12-26-53(54)61)57-48(40-16-6-4-7-17-40)23-15-24-49(57)41-18-8-5-9-19-41/h4-38H,1-3H3/i4D,5D,6D,7D,8D,9D,16D,17D,18D,19D. The van der Waals surface area contributed by atoms with Crippen molar-refractivity contribution >= 4 is 49.9 Å². The molecule has 0 saturated heterocycles. The summed E-state index contributed by atoms with van der Waals surface area (Å²) in [5.74, 6) is 0.370. The fourth-order valence-electron chi connectivity index (χ4n) is 8.54. The van der Waals surface area contributed by atoms with Crippen LogP contribution >= 0.6 is 0 Å². The van der Waals surface area contributed by atoms with E-state index in [0.29, 0.717) is 28.1 Å². The molecular formula is C58H44FN5. The molecular weight excluding hydrogens is 786 g/mol. The molecule has 308 valence electrons. The van der Waals surface area contributed by atoms with Crippen LogP contribution in [-0.4, -0.2) is 14.1 Å². The van der Waals surface area contributed by atoms with Crippen molar-refractivity contribution in [2.24, 2.45) is 0 Å². The lowest BCUT2D eigenvalue weighted by atomic mass is 9.88. The lowest BCUT2D eigenvalue weighted by Gasteiger charge is -2.26. The van der Waals surface area contributed by atoms with E-state index in [1.54, 1.807) is 39.5 Å². The summed E-state index contributed by atoms with van der Waals surface area (Å²) in [7, 11) is 0. The third-order valence-corrected chi connectivity index (χ3v) is 11.5. The van der Waals surface area contributed by atoms with Gasteiger partial charge in [0.25, 0.3) is 6.33 Å². The SMILES string of the molecule is [2H]c1c([2H])c([2H])c(-c2cccc(-c3c([2H])c([2H])c([2H])c([2H])c3[2H])c2-[n+]2[c-]n(-c3cccc(N(c4ccc(F)cc4)c4ccc5c6ccccc6n(-c6cc(C(C)(C)C)ccn6)c5c4)c3)c3ccccc32)c([2H])c1[2H]. The number of halogens is 1. The summed E-state index contributed by atoms with van der Waals surface area (Å²) in [6.07, 6.45) is 5.32. The molecule has 0 aliphatic heterocycles. The molecule has 0 radical (unpaired) electrons. The molecule has 11 rings (SSSR count). The molecule has 0 aliphatic carbocycles. The normalized spacial score (nSPS) is 13.9. The predicted molar refractivity (Wildman–Crippen MR) is 260 cm³/mol. The van der Waals surface area contributed by atoms with Gasteiger partial charge in [0.1, 0.15) is 11.6 Å². The van der Waals surface area contributed by atoms with Crippen molar-refractivity contribution in [1.82, 2.24) is 14.1 Å². The molecule has 6 heteroatoms. The number of imidazole rings is 1. The van der Waals surface area contributed by atoms with Gasteiger partial charge in [0.05, 0.1) is 47.1 Å². The molecule has 5 nitrogen and oxygen atoms in total. The van der Waals surface area contributed by atoms with Crippen LogP contribution in [0.3, 0.4) is 0 Å². The molecule has 0 bridgehead atoms. The predicted octanol–water partition coefficient (Wildman–Crippen LogP) is 14.4. The van der Waals surface area contributed by atoms with Crippen LogP contribution in [0.4, 0.5) is 21.5 Å². The van der Waals surface area contributed by atoms with E-state index in [1.165, 1.54) is 12.1 Å². The van der Waals surface area contributed by atoms with Gasteiger partial charge in [-0.3, -0.25) is 13.7 Å². The van der Waals surface area contributed by atoms with Crippen molar-refractivity contribution in [3.05, 3.63) is 230 Å². The molecule has 0 N–H and O–H groups in total. The number of aromatic nitrogens is 4. The van der Waals surface area contributed by atoms with Crippen molar-refractivity contribution in [2.75, 3.05) is 4.90 Å². The maximum absolute atomic E-state index is 14.8. The Kier molecular flexibility index (Phi) is 7.16. The second kappa shape index (κ2) is 15.7. The highest BCUT2D eigenvalue weighted by Crippen LogP contribution is 2.41. The highest BCUT2D eigenvalue weighted by molar-refractivity contribution is 6.10. The summed E-state index contributed by atoms with van der Waals surface area (Å²) in [5, 5.41) is 2.07. The smallest absolute Gasteiger partial charge is 0.269 e. The third kappa shape index (κ3) is 6.81. The molecule has 0 spiro atoms. The van der Waals surface area contributed by atoms with E-state index in [0.717, 1.165) is 38.9 Å². The van der Waals surface area contributed by atoms with E-state index in [4.69, 9.17) is 18.7 Å². The number of hydrogen-bond donors (Lipinski definition) is 0. The average molecular weight is 840 g/mol. The lowest BCUT2D eigenvalue weighted by Crippen LogP contribution is -2.31. The van der Waals surface area contributed by atoms with Gasteiger partial charge in [-0.05, 0) is 106 Å². The van der Waals surface area contributed by atoms with Crippen LogP contribution in [-0.2, 0) is 5.41 Å². The van der Waals surface area contributed by atoms with E-state index in [1.807, 2.05) is 83.9 Å². The third-order valence-electron chi connectivity index (χ3n) is 11.5. The van der Waals surface area contributed by atoms with Gasteiger partial charge in [-0.1, -0.05) is 154 Å². The Bertz CT molecular complexity index is 3960. The molecule has 11 aromatic rings. The first-order valence-electron chi connectivity index (χ1n) is 25.8. The first-order valence-corrected chi connectivity index (χ1v) is 20.8. The van der Waals surface area contributed by atoms with Gasteiger partial charge in [-0.15, -0.1) is 0 Å². The Morgan fingerprint density at radius 3 is 1.94 bits per heavy atom. The number of para-hydroxylation sites is 4. The van der Waals surface area contributed by atoms with E-state index in [-0.39, 0.29) is 33.4 Å². The minimum atomic E-state index is -0.581. The zero-order valence-corrected chi connectivity index (χ0v) is 35.0. The van der Waals surface area contributed by atoms with Crippen LogP contribution in [0.1, 0.15) is 40.0 Å². The van der Waals surface area contributed by atoms with Gasteiger partial charge in [0.2, 0.25) is 0 Å². The van der Waals surface area contributed by atoms with Gasteiger partial charge in [-0.25, -0.2) is 9.37 Å². The Balaban J connectivity index is 1.15. The minimum absolute atomic E-state index is 0.131. The van der Waals surface area contributed by atoms with Crippen molar-refractivity contribution in [1.29, 1.82) is 0 Å². The average Bonchev–Trinajstić information content (AvgIpc) is 3.95. The fraction of sp³-hybridized carbons (Fsp3) is 0.0690. The highest BCUT2D eigenvalue weighted by atomic mass is 19.1. The summed E-state index contributed by atoms with van der Waals surface area (Å²) in [5.41, 5.74) is 6.94. The number of anilines is 3. The molecule has 3 aromatic heterocycles. The maximum atomic E-state index is 14.8. The van der Waals surface area contributed by atoms with Crippen molar-refractivity contribution in [3.63, 3.8) is 0 Å². The van der Waals surface area contributed by atoms with Crippen LogP contribution in [0.2, 0.25) is 0 Å². The summed E-state index contributed by atoms with van der Waals surface area (Å²) < 4.78 is 108. The fourth-order valence-corrected chi connectivity index (χ4v) is 8.54. The number of hydrogen-bond acceptors (Lipinski definition) is 2. The second-order valence-corrected chi connectivity index (χ2v) is 16.5. The molecule has 0 fully saturated rings. The van der Waals surface area contributed by atoms with Crippen molar-refractivity contribution in [3.8, 4) is 39.4 Å². The monoisotopic (exact) mass is 839 g/mol. The summed E-state index contributed by atoms with van der Waals surface area (Å²) in [6.45, 7) is 6.51. The van der Waals surface area contributed by atoms with Crippen LogP contribution in [0.15, 0.2) is 212 Å². The Morgan fingerprint density at radius 2 is 1.22 bits per heavy atom. The number of rotatable bonds is 8. The molecule has 0 saturated carbocycles. The molecule has 64 heavy (non-hydrogen) atoms. The molecule has 0 amide bonds. The Labute approximate surface area is 386 Å². The first-order chi connectivity index (χ1) is 35.4. The zero-order chi connectivity index (χ0) is 52.1. The molecule has 3 heterocycles. The quantitative estimate of drug-likeness (QED) is 0.113. The summed E-state index contributed by atoms with van der Waals surface area (Å²) >= 11 is 0. The minimum Gasteiger partial charge on any atom is -0.311 e. The highest BCUT2D eigenvalue weighted by Gasteiger charge is 2.23. The van der Waals surface area contributed by atoms with E-state index >= 15 is 0 Å². The van der Waals surface area contributed by atoms with Gasteiger partial charge in [-0.2, -0.15) is 0 Å². The number of benzene rings is 8. The molecule has 0 atom stereocenters. The van der Waals surface area contributed by atoms with E-state index < -0.39 is 66.2 Å². The van der Waals surface area contributed by atoms with Gasteiger partial charge < -0.3 is 4.90 Å². The van der Waals surface area contributed by atoms with Crippen LogP contribution in [0.5, 0.6) is 0 Å². The van der Waals surface area contributed by atoms with Crippen LogP contribution in [0.25, 0.3) is 72.3 Å². The van der Waals surface area contributed by atoms with Crippen molar-refractivity contribution < 1.29 is 22.7 Å². The topological polar surface area (TPSA) is 29.9 Å². The van der Waals surface area contributed by atoms with E-state index in [9.17, 15) is 4.39 Å². The van der Waals surface area contributed by atoms with E-state index in [2.05, 4.69) is 62.0 Å². The van der Waals surface area contributed by atoms with Crippen molar-refractivity contribution in [2.45, 2.75) is 26.2 Å². The second-order valence-electron chi connectivity index (χ2n) is 16.5. The molecule has 0 aliphatic rings. The van der Waals surface area contributed by atoms with Crippen LogP contribution in [0, 0.1) is 12.1 Å². The lowest BCUT2D eigenvalue weighted by molar-refractivity contribution is -0.571. The summed E-state index contributed by atoms with van der Waals surface area (Å²) in [4.78, 5) is 6.92. The van der Waals surface area contributed by atoms with Gasteiger partial charge in [0.15, 0.2) is 0 Å². The zero-order valence-electron chi connectivity index (χ0n) is 45.0. The Hall–Kier alpha value is -8.09. The van der Waals surface area contributed by atoms with Gasteiger partial charge in [0, 0.05) is 34.0 Å². The maximum Gasteiger partial charge on any atom is 0.269 e. The molecule has 8 aromatic carbocycles. The Morgan fingerprint density at radius 1 is 0.594 bits per heavy atom. The van der Waals surface area contributed by atoms with Gasteiger partial charge >= 0.3 is 0 Å². The first kappa shape index (κ1) is 29.3.